The first-order valence-electron chi connectivity index (χ1n) is 7.28. The second-order valence-corrected chi connectivity index (χ2v) is 5.53. The van der Waals surface area contributed by atoms with Crippen molar-refractivity contribution in [3.63, 3.8) is 0 Å². The maximum absolute atomic E-state index is 5.49. The lowest BCUT2D eigenvalue weighted by Crippen LogP contribution is -2.43. The molecule has 1 unspecified atom stereocenters. The molecule has 2 rings (SSSR count). The van der Waals surface area contributed by atoms with Gasteiger partial charge < -0.3 is 15.0 Å². The number of nitrogens with one attached hydrogen (secondary N) is 1. The van der Waals surface area contributed by atoms with E-state index in [1.807, 2.05) is 0 Å². The van der Waals surface area contributed by atoms with E-state index in [2.05, 4.69) is 42.3 Å². The zero-order valence-corrected chi connectivity index (χ0v) is 12.4. The average Bonchev–Trinajstić information content (AvgIpc) is 2.46. The summed E-state index contributed by atoms with van der Waals surface area (Å²) in [5.41, 5.74) is 2.66. The van der Waals surface area contributed by atoms with Crippen molar-refractivity contribution >= 4 is 0 Å². The zero-order valence-electron chi connectivity index (χ0n) is 12.4. The third-order valence-electron chi connectivity index (χ3n) is 4.00. The van der Waals surface area contributed by atoms with Crippen LogP contribution >= 0.6 is 0 Å². The van der Waals surface area contributed by atoms with Crippen LogP contribution < -0.4 is 10.1 Å². The van der Waals surface area contributed by atoms with E-state index in [-0.39, 0.29) is 0 Å². The van der Waals surface area contributed by atoms with E-state index in [0.717, 1.165) is 18.8 Å². The van der Waals surface area contributed by atoms with Crippen LogP contribution in [0, 0.1) is 6.92 Å². The number of aryl methyl sites for hydroxylation is 1. The summed E-state index contributed by atoms with van der Waals surface area (Å²) < 4.78 is 5.49. The van der Waals surface area contributed by atoms with Gasteiger partial charge in [0, 0.05) is 26.2 Å². The lowest BCUT2D eigenvalue weighted by atomic mass is 9.95. The van der Waals surface area contributed by atoms with Gasteiger partial charge in [-0.3, -0.25) is 0 Å². The molecule has 1 N–H and O–H groups in total. The highest BCUT2D eigenvalue weighted by Gasteiger charge is 2.15. The summed E-state index contributed by atoms with van der Waals surface area (Å²) >= 11 is 0. The van der Waals surface area contributed by atoms with Gasteiger partial charge in [0.2, 0.25) is 0 Å². The molecule has 1 heterocycles. The molecule has 106 valence electrons. The molecular weight excluding hydrogens is 236 g/mol. The Morgan fingerprint density at radius 1 is 1.32 bits per heavy atom. The number of benzene rings is 1. The van der Waals surface area contributed by atoms with Crippen LogP contribution in [0.1, 0.15) is 30.4 Å². The van der Waals surface area contributed by atoms with E-state index in [1.54, 1.807) is 7.11 Å². The first kappa shape index (κ1) is 14.4. The normalized spacial score (nSPS) is 18.3. The quantitative estimate of drug-likeness (QED) is 0.882. The number of methoxy groups -OCH3 is 1. The van der Waals surface area contributed by atoms with Crippen LogP contribution in [0.5, 0.6) is 5.75 Å². The SMILES string of the molecule is COc1ccc(C)cc1C(C)CCN1CCNCC1. The largest absolute Gasteiger partial charge is 0.496 e. The molecule has 3 heteroatoms. The third kappa shape index (κ3) is 3.95. The number of hydrogen-bond donors (Lipinski definition) is 1. The predicted octanol–water partition coefficient (Wildman–Crippen LogP) is 2.40. The monoisotopic (exact) mass is 262 g/mol. The molecular formula is C16H26N2O. The smallest absolute Gasteiger partial charge is 0.122 e. The molecule has 0 amide bonds. The van der Waals surface area contributed by atoms with Crippen LogP contribution in [-0.4, -0.2) is 44.7 Å². The van der Waals surface area contributed by atoms with Gasteiger partial charge in [-0.05, 0) is 37.4 Å². The Morgan fingerprint density at radius 3 is 2.74 bits per heavy atom. The Labute approximate surface area is 116 Å². The van der Waals surface area contributed by atoms with Crippen molar-refractivity contribution in [3.8, 4) is 5.75 Å². The fourth-order valence-electron chi connectivity index (χ4n) is 2.71. The molecule has 1 fully saturated rings. The lowest BCUT2D eigenvalue weighted by molar-refractivity contribution is 0.233. The molecule has 1 aliphatic rings. The van der Waals surface area contributed by atoms with Gasteiger partial charge in [-0.2, -0.15) is 0 Å². The molecule has 1 aliphatic heterocycles. The molecule has 3 nitrogen and oxygen atoms in total. The van der Waals surface area contributed by atoms with Crippen LogP contribution in [0.25, 0.3) is 0 Å². The molecule has 0 saturated carbocycles. The number of nitrogens with zero attached hydrogens (tertiary/aromatic N) is 1. The second kappa shape index (κ2) is 6.92. The Bertz CT molecular complexity index is 400. The van der Waals surface area contributed by atoms with Gasteiger partial charge in [-0.25, -0.2) is 0 Å². The van der Waals surface area contributed by atoms with Gasteiger partial charge in [0.25, 0.3) is 0 Å². The van der Waals surface area contributed by atoms with Crippen LogP contribution in [0.4, 0.5) is 0 Å². The maximum Gasteiger partial charge on any atom is 0.122 e. The average molecular weight is 262 g/mol. The number of piperazine rings is 1. The predicted molar refractivity (Wildman–Crippen MR) is 80.1 cm³/mol. The van der Waals surface area contributed by atoms with Crippen molar-refractivity contribution in [2.75, 3.05) is 39.8 Å². The van der Waals surface area contributed by atoms with Crippen LogP contribution in [0.2, 0.25) is 0 Å². The van der Waals surface area contributed by atoms with E-state index in [9.17, 15) is 0 Å². The van der Waals surface area contributed by atoms with Crippen molar-refractivity contribution in [1.29, 1.82) is 0 Å². The molecule has 19 heavy (non-hydrogen) atoms. The van der Waals surface area contributed by atoms with Gasteiger partial charge in [0.1, 0.15) is 5.75 Å². The Hall–Kier alpha value is -1.06. The second-order valence-electron chi connectivity index (χ2n) is 5.53. The highest BCUT2D eigenvalue weighted by Crippen LogP contribution is 2.29. The summed E-state index contributed by atoms with van der Waals surface area (Å²) in [5.74, 6) is 1.57. The Kier molecular flexibility index (Phi) is 5.23. The summed E-state index contributed by atoms with van der Waals surface area (Å²) in [6.45, 7) is 10.2. The minimum absolute atomic E-state index is 0.546. The molecule has 0 bridgehead atoms. The van der Waals surface area contributed by atoms with Crippen molar-refractivity contribution in [3.05, 3.63) is 29.3 Å². The lowest BCUT2D eigenvalue weighted by Gasteiger charge is -2.28. The summed E-state index contributed by atoms with van der Waals surface area (Å²) in [6.07, 6.45) is 1.19. The first-order valence-corrected chi connectivity index (χ1v) is 7.28. The van der Waals surface area contributed by atoms with Crippen molar-refractivity contribution in [2.24, 2.45) is 0 Å². The zero-order chi connectivity index (χ0) is 13.7. The van der Waals surface area contributed by atoms with E-state index < -0.39 is 0 Å². The maximum atomic E-state index is 5.49. The summed E-state index contributed by atoms with van der Waals surface area (Å²) in [5, 5.41) is 3.40. The van der Waals surface area contributed by atoms with Crippen molar-refractivity contribution in [1.82, 2.24) is 10.2 Å². The molecule has 0 spiro atoms. The summed E-state index contributed by atoms with van der Waals surface area (Å²) in [4.78, 5) is 2.55. The van der Waals surface area contributed by atoms with Crippen LogP contribution in [-0.2, 0) is 0 Å². The van der Waals surface area contributed by atoms with Gasteiger partial charge in [0.05, 0.1) is 7.11 Å². The third-order valence-corrected chi connectivity index (χ3v) is 4.00. The molecule has 0 radical (unpaired) electrons. The fourth-order valence-corrected chi connectivity index (χ4v) is 2.71. The van der Waals surface area contributed by atoms with E-state index >= 15 is 0 Å². The van der Waals surface area contributed by atoms with Gasteiger partial charge >= 0.3 is 0 Å². The Morgan fingerprint density at radius 2 is 2.05 bits per heavy atom. The minimum Gasteiger partial charge on any atom is -0.496 e. The van der Waals surface area contributed by atoms with E-state index in [1.165, 1.54) is 37.2 Å². The van der Waals surface area contributed by atoms with Crippen LogP contribution in [0.3, 0.4) is 0 Å². The van der Waals surface area contributed by atoms with Crippen LogP contribution in [0.15, 0.2) is 18.2 Å². The molecule has 1 saturated heterocycles. The number of rotatable bonds is 5. The molecule has 1 aromatic carbocycles. The number of ether oxygens (including phenoxy) is 1. The van der Waals surface area contributed by atoms with Crippen molar-refractivity contribution < 1.29 is 4.74 Å². The summed E-state index contributed by atoms with van der Waals surface area (Å²) in [7, 11) is 1.76. The van der Waals surface area contributed by atoms with Gasteiger partial charge in [-0.15, -0.1) is 0 Å². The molecule has 0 aliphatic carbocycles. The standard InChI is InChI=1S/C16H26N2O/c1-13-4-5-16(19-3)15(12-13)14(2)6-9-18-10-7-17-8-11-18/h4-5,12,14,17H,6-11H2,1-3H3. The van der Waals surface area contributed by atoms with E-state index in [4.69, 9.17) is 4.74 Å². The van der Waals surface area contributed by atoms with Crippen molar-refractivity contribution in [2.45, 2.75) is 26.2 Å². The van der Waals surface area contributed by atoms with E-state index in [0.29, 0.717) is 5.92 Å². The topological polar surface area (TPSA) is 24.5 Å². The first-order chi connectivity index (χ1) is 9.20. The fraction of sp³-hybridized carbons (Fsp3) is 0.625. The minimum atomic E-state index is 0.546. The van der Waals surface area contributed by atoms with Gasteiger partial charge in [-0.1, -0.05) is 24.6 Å². The highest BCUT2D eigenvalue weighted by molar-refractivity contribution is 5.39. The molecule has 0 aromatic heterocycles. The number of hydrogen-bond acceptors (Lipinski definition) is 3. The summed E-state index contributed by atoms with van der Waals surface area (Å²) in [6, 6.07) is 6.47. The molecule has 1 atom stereocenters. The highest BCUT2D eigenvalue weighted by atomic mass is 16.5. The Balaban J connectivity index is 1.94. The van der Waals surface area contributed by atoms with Gasteiger partial charge in [0.15, 0.2) is 0 Å². The molecule has 1 aromatic rings.